The van der Waals surface area contributed by atoms with Crippen LogP contribution in [0.1, 0.15) is 22.3 Å². The fraction of sp³-hybridized carbons (Fsp3) is 0.211. The van der Waals surface area contributed by atoms with E-state index in [1.165, 1.54) is 24.3 Å². The topological polar surface area (TPSA) is 207 Å². The minimum absolute atomic E-state index is 0.00301. The molecule has 0 aliphatic rings. The number of aromatic hydroxyl groups is 2. The minimum Gasteiger partial charge on any atom is -0.508 e. The molecule has 0 aliphatic heterocycles. The molecule has 12 nitrogen and oxygen atoms in total. The number of hydrogen-bond donors (Lipinski definition) is 8. The number of fused-ring (bicyclic) bond motifs is 1. The summed E-state index contributed by atoms with van der Waals surface area (Å²) in [5.41, 5.74) is 9.95. The number of carbonyl (C=O) groups excluding carboxylic acids is 3. The highest BCUT2D eigenvalue weighted by molar-refractivity contribution is 5.94. The van der Waals surface area contributed by atoms with Gasteiger partial charge in [-0.15, -0.1) is 0 Å². The molecule has 1 heterocycles. The standard InChI is InChI=1S/C38H39N5O7/c39-30(21-26-22-40-31-9-5-4-8-29(26)31)35(46)41-32(18-24-10-14-27(44)15-11-24)36(47)42-33(19-25-12-16-28(45)17-13-25)37(48)43-34(38(49)50)20-23-6-2-1-3-7-23/h1-17,22,30,32-34,40,44-45H,18-21,39H2,(H,41,46)(H,42,47)(H,43,48)(H,49,50). The number of benzene rings is 4. The molecule has 0 aliphatic carbocycles. The van der Waals surface area contributed by atoms with Crippen molar-refractivity contribution < 1.29 is 34.5 Å². The molecule has 50 heavy (non-hydrogen) atoms. The van der Waals surface area contributed by atoms with Gasteiger partial charge >= 0.3 is 5.97 Å². The van der Waals surface area contributed by atoms with Gasteiger partial charge in [0, 0.05) is 36.4 Å². The SMILES string of the molecule is NC(Cc1c[nH]c2ccccc12)C(=O)NC(Cc1ccc(O)cc1)C(=O)NC(Cc1ccc(O)cc1)C(=O)NC(Cc1ccccc1)C(=O)O. The number of nitrogens with two attached hydrogens (primary N) is 1. The molecule has 9 N–H and O–H groups in total. The van der Waals surface area contributed by atoms with Crippen molar-refractivity contribution in [3.05, 3.63) is 132 Å². The summed E-state index contributed by atoms with van der Waals surface area (Å²) in [6.07, 6.45) is 1.93. The second-order valence-electron chi connectivity index (χ2n) is 12.1. The summed E-state index contributed by atoms with van der Waals surface area (Å²) in [4.78, 5) is 56.5. The molecule has 0 spiro atoms. The number of nitrogens with one attached hydrogen (secondary N) is 4. The van der Waals surface area contributed by atoms with E-state index in [1.54, 1.807) is 60.8 Å². The van der Waals surface area contributed by atoms with Gasteiger partial charge in [-0.25, -0.2) is 4.79 Å². The van der Waals surface area contributed by atoms with Crippen molar-refractivity contribution in [3.63, 3.8) is 0 Å². The normalized spacial score (nSPS) is 13.5. The summed E-state index contributed by atoms with van der Waals surface area (Å²) in [6.45, 7) is 0. The Morgan fingerprint density at radius 3 is 1.60 bits per heavy atom. The number of hydrogen-bond acceptors (Lipinski definition) is 7. The van der Waals surface area contributed by atoms with Gasteiger partial charge < -0.3 is 42.0 Å². The van der Waals surface area contributed by atoms with Gasteiger partial charge in [-0.3, -0.25) is 14.4 Å². The highest BCUT2D eigenvalue weighted by Crippen LogP contribution is 2.19. The lowest BCUT2D eigenvalue weighted by molar-refractivity contribution is -0.142. The first kappa shape index (κ1) is 35.2. The Morgan fingerprint density at radius 1 is 0.580 bits per heavy atom. The van der Waals surface area contributed by atoms with E-state index in [9.17, 15) is 34.5 Å². The molecule has 12 heteroatoms. The number of para-hydroxylation sites is 1. The van der Waals surface area contributed by atoms with Gasteiger partial charge in [-0.2, -0.15) is 0 Å². The van der Waals surface area contributed by atoms with Crippen molar-refractivity contribution in [3.8, 4) is 11.5 Å². The van der Waals surface area contributed by atoms with E-state index in [4.69, 9.17) is 5.73 Å². The van der Waals surface area contributed by atoms with Crippen LogP contribution in [-0.4, -0.2) is 68.2 Å². The van der Waals surface area contributed by atoms with Crippen LogP contribution in [0.25, 0.3) is 10.9 Å². The lowest BCUT2D eigenvalue weighted by Gasteiger charge is -2.25. The maximum atomic E-state index is 14.0. The van der Waals surface area contributed by atoms with Crippen LogP contribution in [0.2, 0.25) is 0 Å². The van der Waals surface area contributed by atoms with Gasteiger partial charge in [0.15, 0.2) is 0 Å². The zero-order valence-corrected chi connectivity index (χ0v) is 27.1. The summed E-state index contributed by atoms with van der Waals surface area (Å²) in [7, 11) is 0. The van der Waals surface area contributed by atoms with E-state index >= 15 is 0 Å². The fourth-order valence-corrected chi connectivity index (χ4v) is 5.66. The average molecular weight is 678 g/mol. The molecular formula is C38H39N5O7. The van der Waals surface area contributed by atoms with Gasteiger partial charge in [-0.05, 0) is 59.0 Å². The molecule has 0 radical (unpaired) electrons. The monoisotopic (exact) mass is 677 g/mol. The van der Waals surface area contributed by atoms with Crippen LogP contribution in [0, 0.1) is 0 Å². The van der Waals surface area contributed by atoms with Crippen LogP contribution in [0.3, 0.4) is 0 Å². The Balaban J connectivity index is 1.36. The summed E-state index contributed by atoms with van der Waals surface area (Å²) >= 11 is 0. The Hall–Kier alpha value is -6.14. The van der Waals surface area contributed by atoms with Gasteiger partial charge in [0.05, 0.1) is 6.04 Å². The van der Waals surface area contributed by atoms with Crippen molar-refractivity contribution in [2.75, 3.05) is 0 Å². The molecule has 4 unspecified atom stereocenters. The molecule has 1 aromatic heterocycles. The van der Waals surface area contributed by atoms with Crippen LogP contribution in [0.5, 0.6) is 11.5 Å². The molecule has 258 valence electrons. The van der Waals surface area contributed by atoms with Crippen molar-refractivity contribution in [1.82, 2.24) is 20.9 Å². The van der Waals surface area contributed by atoms with Gasteiger partial charge in [0.2, 0.25) is 17.7 Å². The molecule has 4 atom stereocenters. The first-order valence-electron chi connectivity index (χ1n) is 16.1. The quantitative estimate of drug-likeness (QED) is 0.0825. The molecular weight excluding hydrogens is 638 g/mol. The van der Waals surface area contributed by atoms with E-state index in [0.29, 0.717) is 16.7 Å². The molecule has 4 aromatic carbocycles. The molecule has 0 saturated carbocycles. The number of phenols is 2. The largest absolute Gasteiger partial charge is 0.508 e. The Bertz CT molecular complexity index is 1930. The summed E-state index contributed by atoms with van der Waals surface area (Å²) in [5.74, 6) is -3.27. The lowest BCUT2D eigenvalue weighted by atomic mass is 10.0. The van der Waals surface area contributed by atoms with E-state index in [2.05, 4.69) is 20.9 Å². The van der Waals surface area contributed by atoms with Gasteiger partial charge in [0.1, 0.15) is 29.6 Å². The van der Waals surface area contributed by atoms with Crippen molar-refractivity contribution >= 4 is 34.6 Å². The third-order valence-corrected chi connectivity index (χ3v) is 8.37. The minimum atomic E-state index is -1.29. The predicted octanol–water partition coefficient (Wildman–Crippen LogP) is 2.72. The number of aliphatic carboxylic acids is 1. The maximum Gasteiger partial charge on any atom is 0.326 e. The highest BCUT2D eigenvalue weighted by atomic mass is 16.4. The highest BCUT2D eigenvalue weighted by Gasteiger charge is 2.31. The number of aromatic amines is 1. The smallest absolute Gasteiger partial charge is 0.326 e. The lowest BCUT2D eigenvalue weighted by Crippen LogP contribution is -2.58. The maximum absolute atomic E-state index is 14.0. The number of phenolic OH excluding ortho intramolecular Hbond substituents is 2. The summed E-state index contributed by atoms with van der Waals surface area (Å²) in [6, 6.07) is 23.8. The fourth-order valence-electron chi connectivity index (χ4n) is 5.66. The van der Waals surface area contributed by atoms with Crippen LogP contribution in [-0.2, 0) is 44.9 Å². The van der Waals surface area contributed by atoms with E-state index in [1.807, 2.05) is 24.3 Å². The predicted molar refractivity (Wildman–Crippen MR) is 187 cm³/mol. The van der Waals surface area contributed by atoms with Crippen LogP contribution < -0.4 is 21.7 Å². The molecule has 0 saturated heterocycles. The van der Waals surface area contributed by atoms with Crippen molar-refractivity contribution in [2.24, 2.45) is 5.73 Å². The average Bonchev–Trinajstić information content (AvgIpc) is 3.52. The number of H-pyrrole nitrogens is 1. The van der Waals surface area contributed by atoms with Crippen molar-refractivity contribution in [1.29, 1.82) is 0 Å². The number of carboxylic acids is 1. The third-order valence-electron chi connectivity index (χ3n) is 8.37. The molecule has 0 fully saturated rings. The van der Waals surface area contributed by atoms with Crippen LogP contribution in [0.15, 0.2) is 109 Å². The van der Waals surface area contributed by atoms with Crippen molar-refractivity contribution in [2.45, 2.75) is 49.9 Å². The van der Waals surface area contributed by atoms with Gasteiger partial charge in [-0.1, -0.05) is 72.8 Å². The second kappa shape index (κ2) is 16.3. The summed E-state index contributed by atoms with van der Waals surface area (Å²) in [5, 5.41) is 38.4. The zero-order chi connectivity index (χ0) is 35.6. The Morgan fingerprint density at radius 2 is 1.04 bits per heavy atom. The molecule has 5 rings (SSSR count). The third kappa shape index (κ3) is 9.48. The number of carboxylic acid groups (broad SMARTS) is 1. The van der Waals surface area contributed by atoms with E-state index in [-0.39, 0.29) is 37.2 Å². The van der Waals surface area contributed by atoms with E-state index in [0.717, 1.165) is 16.5 Å². The van der Waals surface area contributed by atoms with Gasteiger partial charge in [0.25, 0.3) is 0 Å². The zero-order valence-electron chi connectivity index (χ0n) is 27.1. The Labute approximate surface area is 288 Å². The number of rotatable bonds is 15. The second-order valence-corrected chi connectivity index (χ2v) is 12.1. The summed E-state index contributed by atoms with van der Waals surface area (Å²) < 4.78 is 0. The first-order valence-corrected chi connectivity index (χ1v) is 16.1. The van der Waals surface area contributed by atoms with Crippen LogP contribution in [0.4, 0.5) is 0 Å². The molecule has 0 bridgehead atoms. The van der Waals surface area contributed by atoms with Crippen LogP contribution >= 0.6 is 0 Å². The Kier molecular flexibility index (Phi) is 11.5. The number of aromatic nitrogens is 1. The number of amides is 3. The van der Waals surface area contributed by atoms with E-state index < -0.39 is 47.9 Å². The molecule has 5 aromatic rings. The first-order chi connectivity index (χ1) is 24.0. The number of carbonyl (C=O) groups is 4. The molecule has 3 amide bonds.